The van der Waals surface area contributed by atoms with Gasteiger partial charge in [-0.1, -0.05) is 140 Å². The van der Waals surface area contributed by atoms with Crippen molar-refractivity contribution in [3.05, 3.63) is 236 Å². The molecule has 5 heteroatoms. The summed E-state index contributed by atoms with van der Waals surface area (Å²) >= 11 is 0. The Hall–Kier alpha value is -8.41. The van der Waals surface area contributed by atoms with Crippen LogP contribution in [0.15, 0.2) is 229 Å². The number of aromatic nitrogens is 2. The van der Waals surface area contributed by atoms with Gasteiger partial charge in [0, 0.05) is 56.8 Å². The van der Waals surface area contributed by atoms with E-state index in [9.17, 15) is 0 Å². The zero-order valence-electron chi connectivity index (χ0n) is 34.9. The van der Waals surface area contributed by atoms with Crippen molar-refractivity contribution in [2.24, 2.45) is 4.99 Å². The summed E-state index contributed by atoms with van der Waals surface area (Å²) in [4.78, 5) is 7.05. The van der Waals surface area contributed by atoms with E-state index in [2.05, 4.69) is 252 Å². The number of fused-ring (bicyclic) bond motifs is 6. The third-order valence-corrected chi connectivity index (χ3v) is 12.2. The summed E-state index contributed by atoms with van der Waals surface area (Å²) in [5.41, 5.74) is 15.8. The number of anilines is 3. The van der Waals surface area contributed by atoms with Gasteiger partial charge < -0.3 is 19.4 Å². The van der Waals surface area contributed by atoms with Gasteiger partial charge >= 0.3 is 0 Å². The van der Waals surface area contributed by atoms with Crippen LogP contribution in [0.4, 0.5) is 17.1 Å². The average Bonchev–Trinajstić information content (AvgIpc) is 3.87. The minimum atomic E-state index is 0.761. The zero-order chi connectivity index (χ0) is 42.3. The van der Waals surface area contributed by atoms with Crippen molar-refractivity contribution in [2.75, 3.05) is 17.3 Å². The highest BCUT2D eigenvalue weighted by Gasteiger charge is 2.20. The molecule has 0 radical (unpaired) electrons. The number of para-hydroxylation sites is 5. The maximum absolute atomic E-state index is 4.80. The summed E-state index contributed by atoms with van der Waals surface area (Å²) in [7, 11) is 2.13. The van der Waals surface area contributed by atoms with Crippen LogP contribution in [-0.2, 0) is 0 Å². The van der Waals surface area contributed by atoms with E-state index in [4.69, 9.17) is 4.99 Å². The molecule has 1 N–H and O–H groups in total. The van der Waals surface area contributed by atoms with Crippen molar-refractivity contribution in [1.82, 2.24) is 9.13 Å². The second-order valence-electron chi connectivity index (χ2n) is 15.8. The standard InChI is InChI=1S/C58H43N5/c1-59-57(43-33-36-55-50(38-43)48-28-16-18-30-53(48)63(55)46-25-13-6-14-26-46)58(40-19-7-3-8-20-40)60-51-34-31-42(39-56(51)61(2)44-21-9-4-10-22-44)41-32-35-54-49(37-41)47-27-15-17-29-52(47)62(54)45-23-11-5-12-24-45/h3-39,60H,1H2,2H3/b58-57-. The van der Waals surface area contributed by atoms with E-state index < -0.39 is 0 Å². The second kappa shape index (κ2) is 15.9. The molecule has 0 saturated heterocycles. The van der Waals surface area contributed by atoms with Crippen LogP contribution in [0.5, 0.6) is 0 Å². The molecule has 2 heterocycles. The molecule has 11 rings (SSSR count). The van der Waals surface area contributed by atoms with Crippen molar-refractivity contribution in [1.29, 1.82) is 0 Å². The quantitative estimate of drug-likeness (QED) is 0.110. The molecule has 0 aliphatic heterocycles. The molecule has 63 heavy (non-hydrogen) atoms. The van der Waals surface area contributed by atoms with Crippen LogP contribution >= 0.6 is 0 Å². The van der Waals surface area contributed by atoms with Gasteiger partial charge in [-0.15, -0.1) is 0 Å². The summed E-state index contributed by atoms with van der Waals surface area (Å²) in [6.45, 7) is 4.18. The maximum Gasteiger partial charge on any atom is 0.0935 e. The van der Waals surface area contributed by atoms with Gasteiger partial charge in [0.15, 0.2) is 0 Å². The highest BCUT2D eigenvalue weighted by atomic mass is 15.1. The SMILES string of the molecule is C=N/C(=C(\Nc1ccc(-c2ccc3c(c2)c2ccccc2n3-c2ccccc2)cc1N(C)c1ccccc1)c1ccccc1)c1ccc2c(c1)c1ccccc1n2-c1ccccc1. The Balaban J connectivity index is 1.07. The third kappa shape index (κ3) is 6.64. The lowest BCUT2D eigenvalue weighted by atomic mass is 10.00. The molecule has 0 atom stereocenters. The largest absolute Gasteiger partial charge is 0.352 e. The van der Waals surface area contributed by atoms with Crippen molar-refractivity contribution in [3.63, 3.8) is 0 Å². The molecule has 0 unspecified atom stereocenters. The lowest BCUT2D eigenvalue weighted by Gasteiger charge is -2.25. The molecule has 0 amide bonds. The molecule has 9 aromatic carbocycles. The first-order chi connectivity index (χ1) is 31.1. The van der Waals surface area contributed by atoms with Crippen LogP contribution in [-0.4, -0.2) is 22.9 Å². The first-order valence-electron chi connectivity index (χ1n) is 21.3. The summed E-state index contributed by atoms with van der Waals surface area (Å²) in [5, 5.41) is 8.70. The van der Waals surface area contributed by atoms with E-state index in [0.29, 0.717) is 0 Å². The average molecular weight is 810 g/mol. The molecule has 11 aromatic rings. The maximum atomic E-state index is 4.80. The molecule has 0 saturated carbocycles. The number of rotatable bonds is 10. The Kier molecular flexibility index (Phi) is 9.48. The number of nitrogens with one attached hydrogen (secondary N) is 1. The molecular formula is C58H43N5. The highest BCUT2D eigenvalue weighted by Crippen LogP contribution is 2.41. The smallest absolute Gasteiger partial charge is 0.0935 e. The fraction of sp³-hybridized carbons (Fsp3) is 0.0172. The van der Waals surface area contributed by atoms with E-state index in [0.717, 1.165) is 78.5 Å². The van der Waals surface area contributed by atoms with Crippen molar-refractivity contribution in [3.8, 4) is 22.5 Å². The van der Waals surface area contributed by atoms with E-state index >= 15 is 0 Å². The molecule has 5 nitrogen and oxygen atoms in total. The Morgan fingerprint density at radius 2 is 0.921 bits per heavy atom. The zero-order valence-corrected chi connectivity index (χ0v) is 34.9. The molecule has 300 valence electrons. The number of benzene rings is 9. The van der Waals surface area contributed by atoms with Gasteiger partial charge in [0.1, 0.15) is 0 Å². The summed E-state index contributed by atoms with van der Waals surface area (Å²) < 4.78 is 4.69. The minimum Gasteiger partial charge on any atom is -0.352 e. The van der Waals surface area contributed by atoms with E-state index in [1.165, 1.54) is 27.2 Å². The van der Waals surface area contributed by atoms with Gasteiger partial charge in [0.05, 0.1) is 44.8 Å². The van der Waals surface area contributed by atoms with E-state index in [-0.39, 0.29) is 0 Å². The van der Waals surface area contributed by atoms with Crippen LogP contribution in [0.3, 0.4) is 0 Å². The van der Waals surface area contributed by atoms with Crippen LogP contribution in [0, 0.1) is 0 Å². The summed E-state index contributed by atoms with van der Waals surface area (Å²) in [6.07, 6.45) is 0. The molecule has 0 spiro atoms. The van der Waals surface area contributed by atoms with Crippen LogP contribution in [0.25, 0.3) is 77.5 Å². The summed E-state index contributed by atoms with van der Waals surface area (Å²) in [5.74, 6) is 0. The van der Waals surface area contributed by atoms with Crippen LogP contribution in [0.1, 0.15) is 11.1 Å². The molecule has 0 bridgehead atoms. The second-order valence-corrected chi connectivity index (χ2v) is 15.8. The predicted octanol–water partition coefficient (Wildman–Crippen LogP) is 15.0. The highest BCUT2D eigenvalue weighted by molar-refractivity contribution is 6.12. The Morgan fingerprint density at radius 3 is 1.52 bits per heavy atom. The van der Waals surface area contributed by atoms with E-state index in [1.807, 2.05) is 6.07 Å². The van der Waals surface area contributed by atoms with Crippen LogP contribution < -0.4 is 10.2 Å². The lowest BCUT2D eigenvalue weighted by Crippen LogP contribution is -2.13. The number of hydrogen-bond acceptors (Lipinski definition) is 3. The normalized spacial score (nSPS) is 11.9. The monoisotopic (exact) mass is 809 g/mol. The first-order valence-corrected chi connectivity index (χ1v) is 21.3. The topological polar surface area (TPSA) is 37.5 Å². The fourth-order valence-electron chi connectivity index (χ4n) is 9.19. The molecule has 2 aromatic heterocycles. The number of aliphatic imine (C=N–C) groups is 1. The Labute approximate surface area is 366 Å². The van der Waals surface area contributed by atoms with Gasteiger partial charge in [-0.3, -0.25) is 4.99 Å². The van der Waals surface area contributed by atoms with Gasteiger partial charge in [-0.05, 0) is 103 Å². The van der Waals surface area contributed by atoms with Gasteiger partial charge in [0.25, 0.3) is 0 Å². The van der Waals surface area contributed by atoms with Crippen molar-refractivity contribution in [2.45, 2.75) is 0 Å². The van der Waals surface area contributed by atoms with Crippen molar-refractivity contribution < 1.29 is 0 Å². The minimum absolute atomic E-state index is 0.761. The number of hydrogen-bond donors (Lipinski definition) is 1. The van der Waals surface area contributed by atoms with Gasteiger partial charge in [0.2, 0.25) is 0 Å². The lowest BCUT2D eigenvalue weighted by molar-refractivity contribution is 1.18. The van der Waals surface area contributed by atoms with Crippen LogP contribution in [0.2, 0.25) is 0 Å². The third-order valence-electron chi connectivity index (χ3n) is 12.2. The predicted molar refractivity (Wildman–Crippen MR) is 268 cm³/mol. The van der Waals surface area contributed by atoms with Gasteiger partial charge in [-0.2, -0.15) is 0 Å². The number of nitrogens with zero attached hydrogens (tertiary/aromatic N) is 4. The molecular weight excluding hydrogens is 767 g/mol. The Bertz CT molecular complexity index is 3490. The molecule has 0 aliphatic carbocycles. The van der Waals surface area contributed by atoms with E-state index in [1.54, 1.807) is 0 Å². The fourth-order valence-corrected chi connectivity index (χ4v) is 9.19. The first kappa shape index (κ1) is 37.6. The van der Waals surface area contributed by atoms with Crippen molar-refractivity contribution >= 4 is 78.8 Å². The van der Waals surface area contributed by atoms with Gasteiger partial charge in [-0.25, -0.2) is 0 Å². The molecule has 0 aliphatic rings. The molecule has 0 fully saturated rings. The summed E-state index contributed by atoms with van der Waals surface area (Å²) in [6, 6.07) is 79.6. The Morgan fingerprint density at radius 1 is 0.444 bits per heavy atom.